The molecule has 15 heavy (non-hydrogen) atoms. The first kappa shape index (κ1) is 11.7. The molecule has 0 saturated heterocycles. The van der Waals surface area contributed by atoms with Crippen LogP contribution < -0.4 is 0 Å². The van der Waals surface area contributed by atoms with E-state index < -0.39 is 5.60 Å². The lowest BCUT2D eigenvalue weighted by Gasteiger charge is -2.18. The van der Waals surface area contributed by atoms with Gasteiger partial charge in [0.15, 0.2) is 0 Å². The van der Waals surface area contributed by atoms with Crippen LogP contribution in [-0.4, -0.2) is 15.1 Å². The molecule has 1 aromatic rings. The lowest BCUT2D eigenvalue weighted by atomic mass is 9.98. The van der Waals surface area contributed by atoms with Crippen LogP contribution in [0, 0.1) is 11.3 Å². The molecule has 0 aromatic carbocycles. The Hall–Kier alpha value is -1.34. The highest BCUT2D eigenvalue weighted by molar-refractivity contribution is 5.31. The van der Waals surface area contributed by atoms with Crippen LogP contribution in [0.2, 0.25) is 0 Å². The summed E-state index contributed by atoms with van der Waals surface area (Å²) in [5.41, 5.74) is -0.172. The summed E-state index contributed by atoms with van der Waals surface area (Å²) in [5.74, 6) is 0.776. The summed E-state index contributed by atoms with van der Waals surface area (Å²) in [6, 6.07) is 2.04. The monoisotopic (exact) mass is 207 g/mol. The minimum Gasteiger partial charge on any atom is -0.384 e. The molecule has 2 N–H and O–H groups in total. The molecule has 4 nitrogen and oxygen atoms in total. The topological polar surface area (TPSA) is 72.7 Å². The zero-order chi connectivity index (χ0) is 11.5. The van der Waals surface area contributed by atoms with Crippen molar-refractivity contribution in [2.45, 2.75) is 45.6 Å². The summed E-state index contributed by atoms with van der Waals surface area (Å²) >= 11 is 0. The number of H-pyrrole nitrogens is 1. The number of aromatic amines is 1. The molecule has 0 radical (unpaired) electrons. The third-order valence-corrected chi connectivity index (χ3v) is 2.55. The third kappa shape index (κ3) is 2.37. The maximum Gasteiger partial charge on any atom is 0.143 e. The predicted molar refractivity (Wildman–Crippen MR) is 57.2 cm³/mol. The van der Waals surface area contributed by atoms with Crippen molar-refractivity contribution >= 4 is 0 Å². The van der Waals surface area contributed by atoms with E-state index in [2.05, 4.69) is 9.97 Å². The number of aromatic nitrogens is 2. The SMILES string of the molecule is CCCc1nc(C(C)(O)CC)c(C#N)[nH]1. The van der Waals surface area contributed by atoms with Crippen LogP contribution in [0.3, 0.4) is 0 Å². The fraction of sp³-hybridized carbons (Fsp3) is 0.636. The number of nitrogens with one attached hydrogen (secondary N) is 1. The van der Waals surface area contributed by atoms with E-state index in [1.54, 1.807) is 6.92 Å². The van der Waals surface area contributed by atoms with Crippen molar-refractivity contribution in [3.8, 4) is 6.07 Å². The minimum atomic E-state index is -1.02. The minimum absolute atomic E-state index is 0.380. The smallest absolute Gasteiger partial charge is 0.143 e. The van der Waals surface area contributed by atoms with E-state index in [1.807, 2.05) is 19.9 Å². The molecule has 0 spiro atoms. The summed E-state index contributed by atoms with van der Waals surface area (Å²) in [5, 5.41) is 19.0. The van der Waals surface area contributed by atoms with E-state index in [9.17, 15) is 5.11 Å². The van der Waals surface area contributed by atoms with Gasteiger partial charge in [-0.15, -0.1) is 0 Å². The Bertz CT molecular complexity index is 374. The van der Waals surface area contributed by atoms with Gasteiger partial charge >= 0.3 is 0 Å². The summed E-state index contributed by atoms with van der Waals surface area (Å²) in [6.07, 6.45) is 2.30. The molecule has 1 unspecified atom stereocenters. The molecule has 4 heteroatoms. The Labute approximate surface area is 90.0 Å². The fourth-order valence-electron chi connectivity index (χ4n) is 1.42. The maximum atomic E-state index is 10.1. The molecule has 0 fully saturated rings. The highest BCUT2D eigenvalue weighted by Gasteiger charge is 2.27. The summed E-state index contributed by atoms with van der Waals surface area (Å²) in [7, 11) is 0. The van der Waals surface area contributed by atoms with Crippen LogP contribution in [0.15, 0.2) is 0 Å². The lowest BCUT2D eigenvalue weighted by Crippen LogP contribution is -2.21. The van der Waals surface area contributed by atoms with Crippen LogP contribution >= 0.6 is 0 Å². The average molecular weight is 207 g/mol. The van der Waals surface area contributed by atoms with Gasteiger partial charge in [0.25, 0.3) is 0 Å². The summed E-state index contributed by atoms with van der Waals surface area (Å²) in [6.45, 7) is 5.60. The quantitative estimate of drug-likeness (QED) is 0.791. The van der Waals surface area contributed by atoms with Crippen LogP contribution in [-0.2, 0) is 12.0 Å². The van der Waals surface area contributed by atoms with Gasteiger partial charge in [-0.2, -0.15) is 5.26 Å². The molecule has 1 atom stereocenters. The van der Waals surface area contributed by atoms with Gasteiger partial charge in [0.1, 0.15) is 28.9 Å². The van der Waals surface area contributed by atoms with Crippen molar-refractivity contribution in [2.24, 2.45) is 0 Å². The van der Waals surface area contributed by atoms with Crippen molar-refractivity contribution in [3.05, 3.63) is 17.2 Å². The van der Waals surface area contributed by atoms with Crippen molar-refractivity contribution in [3.63, 3.8) is 0 Å². The Morgan fingerprint density at radius 3 is 2.67 bits per heavy atom. The van der Waals surface area contributed by atoms with Crippen molar-refractivity contribution < 1.29 is 5.11 Å². The van der Waals surface area contributed by atoms with Crippen LogP contribution in [0.4, 0.5) is 0 Å². The number of nitriles is 1. The van der Waals surface area contributed by atoms with E-state index in [4.69, 9.17) is 5.26 Å². The zero-order valence-electron chi connectivity index (χ0n) is 9.46. The number of hydrogen-bond acceptors (Lipinski definition) is 3. The Balaban J connectivity index is 3.12. The molecule has 0 aliphatic rings. The molecule has 0 aliphatic carbocycles. The van der Waals surface area contributed by atoms with Gasteiger partial charge in [0, 0.05) is 6.42 Å². The third-order valence-electron chi connectivity index (χ3n) is 2.55. The Kier molecular flexibility index (Phi) is 3.48. The highest BCUT2D eigenvalue weighted by atomic mass is 16.3. The molecular weight excluding hydrogens is 190 g/mol. The van der Waals surface area contributed by atoms with Crippen LogP contribution in [0.25, 0.3) is 0 Å². The van der Waals surface area contributed by atoms with Gasteiger partial charge in [-0.05, 0) is 19.8 Å². The van der Waals surface area contributed by atoms with E-state index in [0.717, 1.165) is 18.7 Å². The predicted octanol–water partition coefficient (Wildman–Crippen LogP) is 1.85. The van der Waals surface area contributed by atoms with E-state index in [1.165, 1.54) is 0 Å². The van der Waals surface area contributed by atoms with Gasteiger partial charge in [-0.1, -0.05) is 13.8 Å². The van der Waals surface area contributed by atoms with E-state index in [0.29, 0.717) is 17.8 Å². The number of aliphatic hydroxyl groups is 1. The second kappa shape index (κ2) is 4.45. The zero-order valence-corrected chi connectivity index (χ0v) is 9.46. The number of hydrogen-bond donors (Lipinski definition) is 2. The van der Waals surface area contributed by atoms with E-state index in [-0.39, 0.29) is 0 Å². The van der Waals surface area contributed by atoms with Crippen LogP contribution in [0.1, 0.15) is 50.8 Å². The van der Waals surface area contributed by atoms with Gasteiger partial charge in [0.2, 0.25) is 0 Å². The summed E-state index contributed by atoms with van der Waals surface area (Å²) < 4.78 is 0. The van der Waals surface area contributed by atoms with Gasteiger partial charge in [0.05, 0.1) is 0 Å². The molecular formula is C11H17N3O. The molecule has 1 rings (SSSR count). The number of nitrogens with zero attached hydrogens (tertiary/aromatic N) is 2. The molecule has 0 amide bonds. The van der Waals surface area contributed by atoms with Crippen molar-refractivity contribution in [2.75, 3.05) is 0 Å². The first-order valence-corrected chi connectivity index (χ1v) is 5.27. The van der Waals surface area contributed by atoms with Crippen molar-refractivity contribution in [1.29, 1.82) is 5.26 Å². The van der Waals surface area contributed by atoms with Gasteiger partial charge in [-0.25, -0.2) is 4.98 Å². The number of aryl methyl sites for hydroxylation is 1. The van der Waals surface area contributed by atoms with Gasteiger partial charge < -0.3 is 10.1 Å². The second-order valence-electron chi connectivity index (χ2n) is 3.90. The molecule has 0 aliphatic heterocycles. The highest BCUT2D eigenvalue weighted by Crippen LogP contribution is 2.25. The second-order valence-corrected chi connectivity index (χ2v) is 3.90. The van der Waals surface area contributed by atoms with Gasteiger partial charge in [-0.3, -0.25) is 0 Å². The first-order valence-electron chi connectivity index (χ1n) is 5.27. The molecule has 0 bridgehead atoms. The Morgan fingerprint density at radius 2 is 2.20 bits per heavy atom. The lowest BCUT2D eigenvalue weighted by molar-refractivity contribution is 0.0486. The number of rotatable bonds is 4. The molecule has 0 saturated carbocycles. The molecule has 1 aromatic heterocycles. The summed E-state index contributed by atoms with van der Waals surface area (Å²) in [4.78, 5) is 7.23. The van der Waals surface area contributed by atoms with E-state index >= 15 is 0 Å². The normalized spacial score (nSPS) is 14.6. The maximum absolute atomic E-state index is 10.1. The molecule has 1 heterocycles. The number of imidazole rings is 1. The van der Waals surface area contributed by atoms with Crippen LogP contribution in [0.5, 0.6) is 0 Å². The fourth-order valence-corrected chi connectivity index (χ4v) is 1.42. The average Bonchev–Trinajstić information content (AvgIpc) is 2.62. The Morgan fingerprint density at radius 1 is 1.53 bits per heavy atom. The standard InChI is InChI=1S/C11H17N3O/c1-4-6-9-13-8(7-12)10(14-9)11(3,15)5-2/h15H,4-6H2,1-3H3,(H,13,14). The first-order chi connectivity index (χ1) is 7.05. The van der Waals surface area contributed by atoms with Crippen molar-refractivity contribution in [1.82, 2.24) is 9.97 Å². The largest absolute Gasteiger partial charge is 0.384 e. The molecule has 82 valence electrons.